The Morgan fingerprint density at radius 1 is 1.18 bits per heavy atom. The Balaban J connectivity index is 1.48. The molecule has 5 rings (SSSR count). The van der Waals surface area contributed by atoms with E-state index in [2.05, 4.69) is 20.3 Å². The SMILES string of the molecule is CC1(C)Cc2cc(NC(=O)c3cnn4cccnc34)c(N3CCC(C)(C(=O)O)CC3)cc2O1. The molecular weight excluding hydrogens is 422 g/mol. The van der Waals surface area contributed by atoms with Gasteiger partial charge in [-0.05, 0) is 45.7 Å². The average Bonchev–Trinajstić information content (AvgIpc) is 3.33. The Kier molecular flexibility index (Phi) is 4.81. The van der Waals surface area contributed by atoms with Crippen molar-refractivity contribution in [1.82, 2.24) is 14.6 Å². The fourth-order valence-corrected chi connectivity index (χ4v) is 4.63. The molecular formula is C24H27N5O4. The van der Waals surface area contributed by atoms with Crippen LogP contribution in [0.15, 0.2) is 36.8 Å². The van der Waals surface area contributed by atoms with Crippen LogP contribution in [0.3, 0.4) is 0 Å². The van der Waals surface area contributed by atoms with E-state index in [-0.39, 0.29) is 11.5 Å². The standard InChI is InChI=1S/C24H27N5O4/c1-23(2)13-15-11-17(27-21(30)16-14-26-29-8-4-7-25-20(16)29)18(12-19(15)33-23)28-9-5-24(3,6-10-28)22(31)32/h4,7-8,11-12,14H,5-6,9-10,13H2,1-3H3,(H,27,30)(H,31,32). The predicted molar refractivity (Wildman–Crippen MR) is 123 cm³/mol. The van der Waals surface area contributed by atoms with Crippen LogP contribution in [0.1, 0.15) is 49.5 Å². The zero-order valence-corrected chi connectivity index (χ0v) is 19.0. The highest BCUT2D eigenvalue weighted by molar-refractivity contribution is 6.09. The number of carbonyl (C=O) groups excluding carboxylic acids is 1. The van der Waals surface area contributed by atoms with Gasteiger partial charge in [0.25, 0.3) is 5.91 Å². The summed E-state index contributed by atoms with van der Waals surface area (Å²) in [6.07, 6.45) is 6.67. The summed E-state index contributed by atoms with van der Waals surface area (Å²) in [5.41, 5.74) is 2.35. The molecule has 2 aliphatic rings. The number of fused-ring (bicyclic) bond motifs is 2. The molecule has 0 saturated carbocycles. The van der Waals surface area contributed by atoms with Crippen molar-refractivity contribution in [2.45, 2.75) is 45.6 Å². The third-order valence-corrected chi connectivity index (χ3v) is 6.68. The number of aliphatic carboxylic acids is 1. The van der Waals surface area contributed by atoms with Crippen LogP contribution in [0.5, 0.6) is 5.75 Å². The minimum atomic E-state index is -0.768. The van der Waals surface area contributed by atoms with Crippen molar-refractivity contribution in [1.29, 1.82) is 0 Å². The molecule has 1 saturated heterocycles. The van der Waals surface area contributed by atoms with E-state index in [1.165, 1.54) is 6.20 Å². The number of carboxylic acids is 1. The molecule has 1 amide bonds. The van der Waals surface area contributed by atoms with Gasteiger partial charge in [-0.1, -0.05) is 0 Å². The van der Waals surface area contributed by atoms with Gasteiger partial charge in [0.15, 0.2) is 5.65 Å². The smallest absolute Gasteiger partial charge is 0.309 e. The number of nitrogens with one attached hydrogen (secondary N) is 1. The molecule has 1 fully saturated rings. The molecule has 33 heavy (non-hydrogen) atoms. The zero-order valence-electron chi connectivity index (χ0n) is 19.0. The number of ether oxygens (including phenoxy) is 1. The lowest BCUT2D eigenvalue weighted by molar-refractivity contribution is -0.149. The first-order valence-corrected chi connectivity index (χ1v) is 11.1. The third kappa shape index (κ3) is 3.77. The number of nitrogens with zero attached hydrogens (tertiary/aromatic N) is 4. The first kappa shape index (κ1) is 21.2. The molecule has 0 aliphatic carbocycles. The molecule has 2 aromatic heterocycles. The molecule has 0 atom stereocenters. The van der Waals surface area contributed by atoms with Crippen molar-refractivity contribution >= 4 is 28.9 Å². The Hall–Kier alpha value is -3.62. The van der Waals surface area contributed by atoms with Crippen LogP contribution < -0.4 is 15.0 Å². The van der Waals surface area contributed by atoms with Gasteiger partial charge < -0.3 is 20.1 Å². The molecule has 2 aliphatic heterocycles. The van der Waals surface area contributed by atoms with Gasteiger partial charge in [0.2, 0.25) is 0 Å². The van der Waals surface area contributed by atoms with Crippen molar-refractivity contribution < 1.29 is 19.4 Å². The second-order valence-corrected chi connectivity index (χ2v) is 9.77. The van der Waals surface area contributed by atoms with E-state index in [1.54, 1.807) is 29.9 Å². The number of benzene rings is 1. The van der Waals surface area contributed by atoms with Gasteiger partial charge in [0, 0.05) is 43.5 Å². The fraction of sp³-hybridized carbons (Fsp3) is 0.417. The third-order valence-electron chi connectivity index (χ3n) is 6.68. The molecule has 0 spiro atoms. The highest BCUT2D eigenvalue weighted by atomic mass is 16.5. The zero-order chi connectivity index (χ0) is 23.4. The van der Waals surface area contributed by atoms with E-state index in [0.29, 0.717) is 42.8 Å². The first-order chi connectivity index (χ1) is 15.7. The van der Waals surface area contributed by atoms with Crippen molar-refractivity contribution in [2.24, 2.45) is 5.41 Å². The van der Waals surface area contributed by atoms with Gasteiger partial charge in [0.1, 0.15) is 16.9 Å². The molecule has 0 unspecified atom stereocenters. The minimum Gasteiger partial charge on any atom is -0.487 e. The van der Waals surface area contributed by atoms with Crippen LogP contribution >= 0.6 is 0 Å². The summed E-state index contributed by atoms with van der Waals surface area (Å²) in [7, 11) is 0. The maximum atomic E-state index is 13.2. The topological polar surface area (TPSA) is 109 Å². The van der Waals surface area contributed by atoms with Crippen LogP contribution in [-0.4, -0.2) is 50.3 Å². The van der Waals surface area contributed by atoms with E-state index in [0.717, 1.165) is 23.4 Å². The van der Waals surface area contributed by atoms with Crippen molar-refractivity contribution in [3.8, 4) is 5.75 Å². The average molecular weight is 450 g/mol. The maximum Gasteiger partial charge on any atom is 0.309 e. The molecule has 3 aromatic rings. The molecule has 172 valence electrons. The summed E-state index contributed by atoms with van der Waals surface area (Å²) >= 11 is 0. The van der Waals surface area contributed by atoms with Crippen molar-refractivity contribution in [2.75, 3.05) is 23.3 Å². The number of aromatic nitrogens is 3. The molecule has 2 N–H and O–H groups in total. The van der Waals surface area contributed by atoms with E-state index >= 15 is 0 Å². The van der Waals surface area contributed by atoms with Gasteiger partial charge in [0.05, 0.1) is 23.0 Å². The number of carbonyl (C=O) groups is 2. The summed E-state index contributed by atoms with van der Waals surface area (Å²) < 4.78 is 7.70. The van der Waals surface area contributed by atoms with Crippen molar-refractivity contribution in [3.63, 3.8) is 0 Å². The van der Waals surface area contributed by atoms with Gasteiger partial charge >= 0.3 is 5.97 Å². The fourth-order valence-electron chi connectivity index (χ4n) is 4.63. The highest BCUT2D eigenvalue weighted by Gasteiger charge is 2.38. The summed E-state index contributed by atoms with van der Waals surface area (Å²) in [5, 5.41) is 16.9. The molecule has 1 aromatic carbocycles. The molecule has 9 heteroatoms. The molecule has 0 radical (unpaired) electrons. The van der Waals surface area contributed by atoms with E-state index in [1.807, 2.05) is 26.0 Å². The number of hydrogen-bond acceptors (Lipinski definition) is 6. The maximum absolute atomic E-state index is 13.2. The monoisotopic (exact) mass is 449 g/mol. The number of carboxylic acid groups (broad SMARTS) is 1. The summed E-state index contributed by atoms with van der Waals surface area (Å²) in [6.45, 7) is 7.02. The minimum absolute atomic E-state index is 0.296. The second kappa shape index (κ2) is 7.47. The number of hydrogen-bond donors (Lipinski definition) is 2. The Labute approximate surface area is 191 Å². The summed E-state index contributed by atoms with van der Waals surface area (Å²) in [5.74, 6) is -0.261. The number of piperidine rings is 1. The van der Waals surface area contributed by atoms with Crippen molar-refractivity contribution in [3.05, 3.63) is 47.9 Å². The number of rotatable bonds is 4. The van der Waals surface area contributed by atoms with Crippen LogP contribution in [0, 0.1) is 5.41 Å². The van der Waals surface area contributed by atoms with Gasteiger partial charge in [-0.2, -0.15) is 5.10 Å². The predicted octanol–water partition coefficient (Wildman–Crippen LogP) is 3.39. The lowest BCUT2D eigenvalue weighted by Crippen LogP contribution is -2.43. The summed E-state index contributed by atoms with van der Waals surface area (Å²) in [6, 6.07) is 5.70. The molecule has 9 nitrogen and oxygen atoms in total. The lowest BCUT2D eigenvalue weighted by atomic mass is 9.80. The normalized spacial score (nSPS) is 18.6. The van der Waals surface area contributed by atoms with E-state index in [4.69, 9.17) is 4.74 Å². The Bertz CT molecular complexity index is 1260. The number of amides is 1. The van der Waals surface area contributed by atoms with Crippen LogP contribution in [0.25, 0.3) is 5.65 Å². The van der Waals surface area contributed by atoms with Crippen LogP contribution in [0.2, 0.25) is 0 Å². The Morgan fingerprint density at radius 2 is 1.94 bits per heavy atom. The van der Waals surface area contributed by atoms with Gasteiger partial charge in [-0.3, -0.25) is 9.59 Å². The highest BCUT2D eigenvalue weighted by Crippen LogP contribution is 2.43. The Morgan fingerprint density at radius 3 is 2.67 bits per heavy atom. The van der Waals surface area contributed by atoms with Crippen LogP contribution in [0.4, 0.5) is 11.4 Å². The van der Waals surface area contributed by atoms with E-state index in [9.17, 15) is 14.7 Å². The molecule has 0 bridgehead atoms. The quantitative estimate of drug-likeness (QED) is 0.628. The second-order valence-electron chi connectivity index (χ2n) is 9.77. The largest absolute Gasteiger partial charge is 0.487 e. The summed E-state index contributed by atoms with van der Waals surface area (Å²) in [4.78, 5) is 31.3. The number of anilines is 2. The van der Waals surface area contributed by atoms with Gasteiger partial charge in [-0.15, -0.1) is 0 Å². The van der Waals surface area contributed by atoms with Gasteiger partial charge in [-0.25, -0.2) is 9.50 Å². The molecule has 4 heterocycles. The first-order valence-electron chi connectivity index (χ1n) is 11.1. The van der Waals surface area contributed by atoms with E-state index < -0.39 is 11.4 Å². The van der Waals surface area contributed by atoms with Crippen LogP contribution in [-0.2, 0) is 11.2 Å². The lowest BCUT2D eigenvalue weighted by Gasteiger charge is -2.38.